The van der Waals surface area contributed by atoms with Crippen LogP contribution in [0.15, 0.2) is 24.3 Å². The molecule has 0 radical (unpaired) electrons. The lowest BCUT2D eigenvalue weighted by Gasteiger charge is -2.22. The molecule has 3 heteroatoms. The number of hydrogen-bond acceptors (Lipinski definition) is 2. The molecule has 1 aliphatic rings. The van der Waals surface area contributed by atoms with Crippen molar-refractivity contribution < 1.29 is 4.79 Å². The van der Waals surface area contributed by atoms with Gasteiger partial charge in [0.2, 0.25) is 5.91 Å². The zero-order valence-corrected chi connectivity index (χ0v) is 12.2. The normalized spacial score (nSPS) is 17.9. The van der Waals surface area contributed by atoms with Crippen LogP contribution in [0.4, 0.5) is 0 Å². The van der Waals surface area contributed by atoms with E-state index in [2.05, 4.69) is 24.3 Å². The molecule has 1 atom stereocenters. The van der Waals surface area contributed by atoms with Gasteiger partial charge in [-0.15, -0.1) is 0 Å². The van der Waals surface area contributed by atoms with Gasteiger partial charge in [-0.2, -0.15) is 0 Å². The first-order valence-electron chi connectivity index (χ1n) is 7.80. The first-order chi connectivity index (χ1) is 9.66. The molecule has 0 aromatic heterocycles. The zero-order valence-electron chi connectivity index (χ0n) is 12.2. The lowest BCUT2D eigenvalue weighted by Crippen LogP contribution is -2.14. The first kappa shape index (κ1) is 15.0. The summed E-state index contributed by atoms with van der Waals surface area (Å²) in [6, 6.07) is 8.78. The molecule has 110 valence electrons. The van der Waals surface area contributed by atoms with E-state index >= 15 is 0 Å². The van der Waals surface area contributed by atoms with Crippen LogP contribution in [0.1, 0.15) is 74.5 Å². The van der Waals surface area contributed by atoms with E-state index in [-0.39, 0.29) is 11.9 Å². The SMILES string of the molecule is NC(=O)CCCC(N)c1ccc(C2CCCCC2)cc1. The number of benzene rings is 1. The molecule has 1 saturated carbocycles. The number of amides is 1. The molecule has 2 rings (SSSR count). The molecule has 1 aromatic carbocycles. The molecule has 1 fully saturated rings. The van der Waals surface area contributed by atoms with Crippen LogP contribution in [0.25, 0.3) is 0 Å². The van der Waals surface area contributed by atoms with Gasteiger partial charge in [0.25, 0.3) is 0 Å². The second-order valence-electron chi connectivity index (χ2n) is 5.97. The minimum atomic E-state index is -0.246. The van der Waals surface area contributed by atoms with Gasteiger partial charge in [-0.05, 0) is 42.7 Å². The number of hydrogen-bond donors (Lipinski definition) is 2. The monoisotopic (exact) mass is 274 g/mol. The fourth-order valence-corrected chi connectivity index (χ4v) is 3.11. The summed E-state index contributed by atoms with van der Waals surface area (Å²) >= 11 is 0. The second-order valence-corrected chi connectivity index (χ2v) is 5.97. The summed E-state index contributed by atoms with van der Waals surface area (Å²) in [5.74, 6) is 0.494. The third-order valence-electron chi connectivity index (χ3n) is 4.38. The largest absolute Gasteiger partial charge is 0.370 e. The van der Waals surface area contributed by atoms with E-state index in [4.69, 9.17) is 11.5 Å². The molecular weight excluding hydrogens is 248 g/mol. The maximum atomic E-state index is 10.7. The number of primary amides is 1. The van der Waals surface area contributed by atoms with Gasteiger partial charge in [0.15, 0.2) is 0 Å². The average molecular weight is 274 g/mol. The van der Waals surface area contributed by atoms with Crippen LogP contribution >= 0.6 is 0 Å². The average Bonchev–Trinajstić information content (AvgIpc) is 2.48. The third-order valence-corrected chi connectivity index (χ3v) is 4.38. The van der Waals surface area contributed by atoms with Crippen molar-refractivity contribution in [2.75, 3.05) is 0 Å². The molecule has 1 aliphatic carbocycles. The van der Waals surface area contributed by atoms with Crippen LogP contribution in [0.5, 0.6) is 0 Å². The molecular formula is C17H26N2O. The van der Waals surface area contributed by atoms with Crippen molar-refractivity contribution in [1.29, 1.82) is 0 Å². The molecule has 1 aromatic rings. The van der Waals surface area contributed by atoms with E-state index < -0.39 is 0 Å². The maximum Gasteiger partial charge on any atom is 0.217 e. The van der Waals surface area contributed by atoms with Gasteiger partial charge in [-0.3, -0.25) is 4.79 Å². The van der Waals surface area contributed by atoms with Crippen molar-refractivity contribution in [3.8, 4) is 0 Å². The van der Waals surface area contributed by atoms with Gasteiger partial charge < -0.3 is 11.5 Å². The van der Waals surface area contributed by atoms with Crippen molar-refractivity contribution in [1.82, 2.24) is 0 Å². The van der Waals surface area contributed by atoms with Crippen molar-refractivity contribution in [2.24, 2.45) is 11.5 Å². The quantitative estimate of drug-likeness (QED) is 0.834. The number of carbonyl (C=O) groups excluding carboxylic acids is 1. The van der Waals surface area contributed by atoms with Crippen molar-refractivity contribution >= 4 is 5.91 Å². The molecule has 0 aliphatic heterocycles. The Hall–Kier alpha value is -1.35. The number of nitrogens with two attached hydrogens (primary N) is 2. The predicted octanol–water partition coefficient (Wildman–Crippen LogP) is 3.39. The Labute approximate surface area is 121 Å². The summed E-state index contributed by atoms with van der Waals surface area (Å²) in [4.78, 5) is 10.7. The fourth-order valence-electron chi connectivity index (χ4n) is 3.11. The first-order valence-corrected chi connectivity index (χ1v) is 7.80. The van der Waals surface area contributed by atoms with Gasteiger partial charge in [0.1, 0.15) is 0 Å². The maximum absolute atomic E-state index is 10.7. The molecule has 1 amide bonds. The van der Waals surface area contributed by atoms with Crippen molar-refractivity contribution in [3.63, 3.8) is 0 Å². The van der Waals surface area contributed by atoms with Crippen LogP contribution in [-0.2, 0) is 4.79 Å². The van der Waals surface area contributed by atoms with E-state index in [1.807, 2.05) is 0 Å². The van der Waals surface area contributed by atoms with Crippen molar-refractivity contribution in [2.45, 2.75) is 63.3 Å². The van der Waals surface area contributed by atoms with E-state index in [1.54, 1.807) is 0 Å². The summed E-state index contributed by atoms with van der Waals surface area (Å²) in [6.07, 6.45) is 8.76. The Morgan fingerprint density at radius 3 is 2.40 bits per heavy atom. The van der Waals surface area contributed by atoms with Crippen LogP contribution in [0, 0.1) is 0 Å². The van der Waals surface area contributed by atoms with E-state index in [1.165, 1.54) is 37.7 Å². The highest BCUT2D eigenvalue weighted by atomic mass is 16.1. The Balaban J connectivity index is 1.88. The highest BCUT2D eigenvalue weighted by Gasteiger charge is 2.15. The standard InChI is InChI=1S/C17H26N2O/c18-16(7-4-8-17(19)20)15-11-9-14(10-12-15)13-5-2-1-3-6-13/h9-13,16H,1-8,18H2,(H2,19,20). The van der Waals surface area contributed by atoms with Crippen LogP contribution < -0.4 is 11.5 Å². The topological polar surface area (TPSA) is 69.1 Å². The Morgan fingerprint density at radius 2 is 1.80 bits per heavy atom. The van der Waals surface area contributed by atoms with Crippen LogP contribution in [0.3, 0.4) is 0 Å². The van der Waals surface area contributed by atoms with Crippen molar-refractivity contribution in [3.05, 3.63) is 35.4 Å². The van der Waals surface area contributed by atoms with Gasteiger partial charge in [0, 0.05) is 12.5 Å². The van der Waals surface area contributed by atoms with Gasteiger partial charge in [-0.1, -0.05) is 43.5 Å². The summed E-state index contributed by atoms with van der Waals surface area (Å²) in [5.41, 5.74) is 13.9. The summed E-state index contributed by atoms with van der Waals surface area (Å²) in [6.45, 7) is 0. The number of rotatable bonds is 6. The lowest BCUT2D eigenvalue weighted by atomic mass is 9.83. The fraction of sp³-hybridized carbons (Fsp3) is 0.588. The second kappa shape index (κ2) is 7.44. The van der Waals surface area contributed by atoms with Gasteiger partial charge >= 0.3 is 0 Å². The predicted molar refractivity (Wildman–Crippen MR) is 82.2 cm³/mol. The van der Waals surface area contributed by atoms with E-state index in [0.29, 0.717) is 6.42 Å². The van der Waals surface area contributed by atoms with Crippen LogP contribution in [-0.4, -0.2) is 5.91 Å². The minimum Gasteiger partial charge on any atom is -0.370 e. The molecule has 0 saturated heterocycles. The molecule has 0 heterocycles. The molecule has 20 heavy (non-hydrogen) atoms. The number of carbonyl (C=O) groups is 1. The molecule has 0 spiro atoms. The molecule has 4 N–H and O–H groups in total. The highest BCUT2D eigenvalue weighted by molar-refractivity contribution is 5.73. The molecule has 0 bridgehead atoms. The van der Waals surface area contributed by atoms with E-state index in [9.17, 15) is 4.79 Å². The third kappa shape index (κ3) is 4.34. The molecule has 3 nitrogen and oxygen atoms in total. The van der Waals surface area contributed by atoms with Crippen LogP contribution in [0.2, 0.25) is 0 Å². The van der Waals surface area contributed by atoms with Gasteiger partial charge in [-0.25, -0.2) is 0 Å². The Bertz CT molecular complexity index is 421. The highest BCUT2D eigenvalue weighted by Crippen LogP contribution is 2.33. The smallest absolute Gasteiger partial charge is 0.217 e. The minimum absolute atomic E-state index is 0.00903. The summed E-state index contributed by atoms with van der Waals surface area (Å²) < 4.78 is 0. The summed E-state index contributed by atoms with van der Waals surface area (Å²) in [7, 11) is 0. The van der Waals surface area contributed by atoms with Gasteiger partial charge in [0.05, 0.1) is 0 Å². The Kier molecular flexibility index (Phi) is 5.60. The zero-order chi connectivity index (χ0) is 14.4. The summed E-state index contributed by atoms with van der Waals surface area (Å²) in [5, 5.41) is 0. The molecule has 1 unspecified atom stereocenters. The Morgan fingerprint density at radius 1 is 1.15 bits per heavy atom. The van der Waals surface area contributed by atoms with E-state index in [0.717, 1.165) is 24.3 Å². The lowest BCUT2D eigenvalue weighted by molar-refractivity contribution is -0.118.